The van der Waals surface area contributed by atoms with Crippen LogP contribution < -0.4 is 5.73 Å². The zero-order chi connectivity index (χ0) is 22.2. The Hall–Kier alpha value is -3.13. The maximum Gasteiger partial charge on any atom is 0.116 e. The summed E-state index contributed by atoms with van der Waals surface area (Å²) in [6.45, 7) is 10.4. The topological polar surface area (TPSA) is 38.4 Å². The second kappa shape index (κ2) is 10.8. The quantitative estimate of drug-likeness (QED) is 0.489. The summed E-state index contributed by atoms with van der Waals surface area (Å²) in [5.41, 5.74) is 14.4. The molecule has 2 N–H and O–H groups in total. The van der Waals surface area contributed by atoms with Crippen molar-refractivity contribution in [2.24, 2.45) is 16.6 Å². The minimum absolute atomic E-state index is 0.355. The molecule has 2 heteroatoms. The predicted octanol–water partition coefficient (Wildman–Crippen LogP) is 7.24. The Balaban J connectivity index is 1.96. The van der Waals surface area contributed by atoms with E-state index >= 15 is 0 Å². The summed E-state index contributed by atoms with van der Waals surface area (Å²) < 4.78 is 0. The molecule has 0 radical (unpaired) electrons. The Morgan fingerprint density at radius 2 is 1.68 bits per heavy atom. The van der Waals surface area contributed by atoms with Crippen LogP contribution in [-0.4, -0.2) is 5.71 Å². The molecule has 160 valence electrons. The van der Waals surface area contributed by atoms with E-state index in [9.17, 15) is 0 Å². The van der Waals surface area contributed by atoms with Crippen molar-refractivity contribution < 1.29 is 0 Å². The summed E-state index contributed by atoms with van der Waals surface area (Å²) in [4.78, 5) is 4.63. The van der Waals surface area contributed by atoms with E-state index in [0.29, 0.717) is 11.7 Å². The van der Waals surface area contributed by atoms with E-state index in [2.05, 4.69) is 105 Å². The Morgan fingerprint density at radius 3 is 2.26 bits per heavy atom. The van der Waals surface area contributed by atoms with Crippen LogP contribution in [0, 0.1) is 5.92 Å². The van der Waals surface area contributed by atoms with E-state index in [-0.39, 0.29) is 0 Å². The number of aliphatic imine (C=N–C) groups is 1. The van der Waals surface area contributed by atoms with Gasteiger partial charge >= 0.3 is 0 Å². The van der Waals surface area contributed by atoms with E-state index in [1.54, 1.807) is 0 Å². The molecule has 1 atom stereocenters. The van der Waals surface area contributed by atoms with Crippen molar-refractivity contribution in [2.75, 3.05) is 0 Å². The predicted molar refractivity (Wildman–Crippen MR) is 135 cm³/mol. The van der Waals surface area contributed by atoms with Crippen LogP contribution in [0.2, 0.25) is 0 Å². The highest BCUT2D eigenvalue weighted by Gasteiger charge is 2.23. The molecule has 0 saturated carbocycles. The second-order valence-electron chi connectivity index (χ2n) is 8.15. The minimum atomic E-state index is 0.355. The van der Waals surface area contributed by atoms with Gasteiger partial charge in [-0.25, -0.2) is 4.99 Å². The van der Waals surface area contributed by atoms with E-state index in [1.165, 1.54) is 27.8 Å². The van der Waals surface area contributed by atoms with Gasteiger partial charge in [-0.15, -0.1) is 0 Å². The molecule has 0 spiro atoms. The third-order valence-corrected chi connectivity index (χ3v) is 5.84. The third kappa shape index (κ3) is 5.73. The lowest BCUT2D eigenvalue weighted by molar-refractivity contribution is 0.549. The fraction of sp³-hybridized carbons (Fsp3) is 0.276. The molecule has 1 aliphatic carbocycles. The van der Waals surface area contributed by atoms with Crippen LogP contribution in [0.15, 0.2) is 101 Å². The van der Waals surface area contributed by atoms with Crippen LogP contribution in [0.1, 0.15) is 56.7 Å². The number of allylic oxidation sites excluding steroid dienone is 6. The van der Waals surface area contributed by atoms with Crippen molar-refractivity contribution >= 4 is 11.3 Å². The van der Waals surface area contributed by atoms with Crippen LogP contribution in [0.5, 0.6) is 0 Å². The second-order valence-corrected chi connectivity index (χ2v) is 8.15. The highest BCUT2D eigenvalue weighted by atomic mass is 14.9. The fourth-order valence-electron chi connectivity index (χ4n) is 4.23. The van der Waals surface area contributed by atoms with Gasteiger partial charge in [0.1, 0.15) is 5.82 Å². The van der Waals surface area contributed by atoms with Gasteiger partial charge in [-0.05, 0) is 77.7 Å². The Bertz CT molecular complexity index is 1020. The molecule has 2 aromatic carbocycles. The maximum absolute atomic E-state index is 5.89. The number of nitrogens with two attached hydrogens (primary N) is 1. The van der Waals surface area contributed by atoms with E-state index in [4.69, 9.17) is 5.73 Å². The van der Waals surface area contributed by atoms with Gasteiger partial charge in [-0.2, -0.15) is 0 Å². The van der Waals surface area contributed by atoms with Gasteiger partial charge in [0.25, 0.3) is 0 Å². The average Bonchev–Trinajstić information content (AvgIpc) is 2.78. The van der Waals surface area contributed by atoms with E-state index in [0.717, 1.165) is 37.0 Å². The molecule has 0 heterocycles. The smallest absolute Gasteiger partial charge is 0.116 e. The molecule has 1 unspecified atom stereocenters. The maximum atomic E-state index is 5.89. The Labute approximate surface area is 187 Å². The third-order valence-electron chi connectivity index (χ3n) is 5.84. The summed E-state index contributed by atoms with van der Waals surface area (Å²) in [5.74, 6) is 0.813. The van der Waals surface area contributed by atoms with Gasteiger partial charge in [-0.1, -0.05) is 87.5 Å². The first kappa shape index (κ1) is 22.6. The van der Waals surface area contributed by atoms with Crippen molar-refractivity contribution in [2.45, 2.75) is 46.5 Å². The van der Waals surface area contributed by atoms with Gasteiger partial charge in [0.15, 0.2) is 0 Å². The normalized spacial score (nSPS) is 17.4. The number of hydrogen-bond donors (Lipinski definition) is 1. The zero-order valence-corrected chi connectivity index (χ0v) is 19.1. The van der Waals surface area contributed by atoms with Gasteiger partial charge in [-0.3, -0.25) is 0 Å². The van der Waals surface area contributed by atoms with Crippen LogP contribution in [0.3, 0.4) is 0 Å². The van der Waals surface area contributed by atoms with Crippen LogP contribution in [0.4, 0.5) is 0 Å². The molecule has 2 nitrogen and oxygen atoms in total. The van der Waals surface area contributed by atoms with Crippen LogP contribution >= 0.6 is 0 Å². The van der Waals surface area contributed by atoms with Gasteiger partial charge in [0, 0.05) is 0 Å². The van der Waals surface area contributed by atoms with Crippen LogP contribution in [-0.2, 0) is 6.42 Å². The van der Waals surface area contributed by atoms with Crippen molar-refractivity contribution in [3.63, 3.8) is 0 Å². The van der Waals surface area contributed by atoms with Crippen molar-refractivity contribution in [1.29, 1.82) is 0 Å². The zero-order valence-electron chi connectivity index (χ0n) is 19.1. The molecular formula is C29H34N2. The molecule has 0 aromatic heterocycles. The largest absolute Gasteiger partial charge is 0.384 e. The first-order valence-corrected chi connectivity index (χ1v) is 11.3. The van der Waals surface area contributed by atoms with Crippen molar-refractivity contribution in [3.8, 4) is 0 Å². The van der Waals surface area contributed by atoms with Gasteiger partial charge < -0.3 is 5.73 Å². The fourth-order valence-corrected chi connectivity index (χ4v) is 4.23. The summed E-state index contributed by atoms with van der Waals surface area (Å²) in [6, 6.07) is 19.5. The minimum Gasteiger partial charge on any atom is -0.384 e. The lowest BCUT2D eigenvalue weighted by atomic mass is 9.80. The lowest BCUT2D eigenvalue weighted by Gasteiger charge is -2.25. The molecule has 2 aromatic rings. The molecular weight excluding hydrogens is 376 g/mol. The van der Waals surface area contributed by atoms with Gasteiger partial charge in [0.05, 0.1) is 5.71 Å². The molecule has 0 bridgehead atoms. The Morgan fingerprint density at radius 1 is 1.00 bits per heavy atom. The molecule has 31 heavy (non-hydrogen) atoms. The van der Waals surface area contributed by atoms with Gasteiger partial charge in [0.2, 0.25) is 0 Å². The monoisotopic (exact) mass is 410 g/mol. The molecule has 1 aliphatic rings. The number of benzene rings is 2. The highest BCUT2D eigenvalue weighted by Crippen LogP contribution is 2.34. The standard InChI is InChI=1S/C29H34N2/c1-5-11-24(6-2)28-20-27(19-25(7-3)29(28)31-21(4)30)26-16-14-23(15-17-26)18-22-12-9-8-10-13-22/h7-10,12-17,19-20,24H,4-6,11,18,30H2,1-3H3/b25-7-,31-29?. The summed E-state index contributed by atoms with van der Waals surface area (Å²) in [6.07, 6.45) is 11.0. The van der Waals surface area contributed by atoms with E-state index < -0.39 is 0 Å². The summed E-state index contributed by atoms with van der Waals surface area (Å²) >= 11 is 0. The molecule has 3 rings (SSSR count). The van der Waals surface area contributed by atoms with E-state index in [1.807, 2.05) is 0 Å². The lowest BCUT2D eigenvalue weighted by Crippen LogP contribution is -2.19. The molecule has 0 amide bonds. The molecule has 0 aliphatic heterocycles. The van der Waals surface area contributed by atoms with Crippen LogP contribution in [0.25, 0.3) is 5.57 Å². The number of nitrogens with zero attached hydrogens (tertiary/aromatic N) is 1. The first-order chi connectivity index (χ1) is 15.0. The van der Waals surface area contributed by atoms with Crippen molar-refractivity contribution in [3.05, 3.63) is 113 Å². The first-order valence-electron chi connectivity index (χ1n) is 11.3. The number of rotatable bonds is 8. The number of hydrogen-bond acceptors (Lipinski definition) is 2. The SMILES string of the molecule is C=C(N)N=C1C(C(CC)CCC)=CC(c2ccc(Cc3ccccc3)cc2)=C/C1=C/C. The molecule has 0 saturated heterocycles. The molecule has 0 fully saturated rings. The average molecular weight is 411 g/mol. The summed E-state index contributed by atoms with van der Waals surface area (Å²) in [7, 11) is 0. The summed E-state index contributed by atoms with van der Waals surface area (Å²) in [5, 5.41) is 0. The highest BCUT2D eigenvalue weighted by molar-refractivity contribution is 6.19. The Kier molecular flexibility index (Phi) is 7.83. The van der Waals surface area contributed by atoms with Crippen molar-refractivity contribution in [1.82, 2.24) is 0 Å².